The molecule has 0 aliphatic heterocycles. The van der Waals surface area contributed by atoms with Gasteiger partial charge in [0, 0.05) is 30.6 Å². The maximum absolute atomic E-state index is 13.0. The van der Waals surface area contributed by atoms with Gasteiger partial charge >= 0.3 is 12.4 Å². The van der Waals surface area contributed by atoms with E-state index in [1.165, 1.54) is 37.4 Å². The van der Waals surface area contributed by atoms with Crippen molar-refractivity contribution in [3.8, 4) is 11.6 Å². The average Bonchev–Trinajstić information content (AvgIpc) is 2.75. The number of nitrogens with zero attached hydrogens (tertiary/aromatic N) is 3. The monoisotopic (exact) mass is 486 g/mol. The fraction of sp³-hybridized carbons (Fsp3) is 0.238. The summed E-state index contributed by atoms with van der Waals surface area (Å²) >= 11 is 0. The minimum absolute atomic E-state index is 0.0121. The van der Waals surface area contributed by atoms with E-state index in [1.807, 2.05) is 0 Å². The molecule has 0 radical (unpaired) electrons. The summed E-state index contributed by atoms with van der Waals surface area (Å²) in [5.41, 5.74) is -1.76. The quantitative estimate of drug-likeness (QED) is 0.536. The zero-order valence-corrected chi connectivity index (χ0v) is 17.4. The molecule has 0 fully saturated rings. The summed E-state index contributed by atoms with van der Waals surface area (Å²) in [5.74, 6) is -1.25. The summed E-state index contributed by atoms with van der Waals surface area (Å²) in [4.78, 5) is 28.5. The van der Waals surface area contributed by atoms with Crippen LogP contribution in [0.25, 0.3) is 5.69 Å². The molecule has 3 rings (SSSR count). The fourth-order valence-electron chi connectivity index (χ4n) is 2.84. The second kappa shape index (κ2) is 9.53. The second-order valence-corrected chi connectivity index (χ2v) is 7.05. The number of alkyl halides is 6. The molecule has 180 valence electrons. The van der Waals surface area contributed by atoms with Gasteiger partial charge in [-0.3, -0.25) is 9.59 Å². The van der Waals surface area contributed by atoms with Gasteiger partial charge in [0.25, 0.3) is 5.91 Å². The Morgan fingerprint density at radius 1 is 1.09 bits per heavy atom. The topological polar surface area (TPSA) is 86.1 Å². The number of halogens is 6. The van der Waals surface area contributed by atoms with Gasteiger partial charge in [0.15, 0.2) is 12.3 Å². The molecule has 0 atom stereocenters. The van der Waals surface area contributed by atoms with E-state index in [9.17, 15) is 35.9 Å². The van der Waals surface area contributed by atoms with Crippen molar-refractivity contribution >= 4 is 5.91 Å². The lowest BCUT2D eigenvalue weighted by Gasteiger charge is -2.14. The molecule has 0 unspecified atom stereocenters. The van der Waals surface area contributed by atoms with Crippen LogP contribution < -0.4 is 15.5 Å². The number of amides is 1. The van der Waals surface area contributed by atoms with Crippen LogP contribution in [0.2, 0.25) is 0 Å². The van der Waals surface area contributed by atoms with Crippen molar-refractivity contribution in [1.82, 2.24) is 20.1 Å². The summed E-state index contributed by atoms with van der Waals surface area (Å²) in [6, 6.07) is 7.83. The Hall–Kier alpha value is -3.90. The van der Waals surface area contributed by atoms with Crippen LogP contribution in [0.15, 0.2) is 53.5 Å². The summed E-state index contributed by atoms with van der Waals surface area (Å²) in [6.07, 6.45) is -7.98. The highest BCUT2D eigenvalue weighted by molar-refractivity contribution is 5.92. The normalized spacial score (nSPS) is 11.9. The van der Waals surface area contributed by atoms with Gasteiger partial charge in [0.2, 0.25) is 11.3 Å². The molecule has 0 spiro atoms. The van der Waals surface area contributed by atoms with E-state index in [4.69, 9.17) is 0 Å². The first-order valence-electron chi connectivity index (χ1n) is 9.55. The summed E-state index contributed by atoms with van der Waals surface area (Å²) in [5, 5.41) is 6.30. The number of hydrogen-bond acceptors (Lipinski definition) is 5. The number of hydrogen-bond donors (Lipinski definition) is 1. The minimum atomic E-state index is -4.60. The van der Waals surface area contributed by atoms with Crippen LogP contribution in [0.3, 0.4) is 0 Å². The van der Waals surface area contributed by atoms with Crippen LogP contribution in [0, 0.1) is 6.92 Å². The molecule has 34 heavy (non-hydrogen) atoms. The maximum atomic E-state index is 13.0. The van der Waals surface area contributed by atoms with E-state index in [2.05, 4.69) is 20.1 Å². The number of rotatable bonds is 6. The summed E-state index contributed by atoms with van der Waals surface area (Å²) in [6.45, 7) is -0.309. The zero-order chi connectivity index (χ0) is 25.1. The molecule has 2 heterocycles. The van der Waals surface area contributed by atoms with Gasteiger partial charge in [-0.25, -0.2) is 9.67 Å². The molecule has 0 aliphatic rings. The van der Waals surface area contributed by atoms with Crippen molar-refractivity contribution in [1.29, 1.82) is 0 Å². The van der Waals surface area contributed by atoms with Crippen LogP contribution in [0.1, 0.15) is 27.3 Å². The Morgan fingerprint density at radius 2 is 1.82 bits per heavy atom. The first kappa shape index (κ1) is 24.7. The van der Waals surface area contributed by atoms with E-state index in [-0.39, 0.29) is 23.8 Å². The number of pyridine rings is 1. The summed E-state index contributed by atoms with van der Waals surface area (Å²) in [7, 11) is 0. The minimum Gasteiger partial charge on any atom is -0.468 e. The molecule has 0 saturated heterocycles. The molecule has 1 amide bonds. The Kier molecular flexibility index (Phi) is 6.93. The van der Waals surface area contributed by atoms with Crippen molar-refractivity contribution in [3.63, 3.8) is 0 Å². The highest BCUT2D eigenvalue weighted by Crippen LogP contribution is 2.30. The van der Waals surface area contributed by atoms with Crippen LogP contribution in [0.4, 0.5) is 26.3 Å². The van der Waals surface area contributed by atoms with Crippen molar-refractivity contribution in [2.24, 2.45) is 0 Å². The number of ether oxygens (including phenoxy) is 1. The van der Waals surface area contributed by atoms with Crippen molar-refractivity contribution in [3.05, 3.63) is 81.4 Å². The Balaban J connectivity index is 1.80. The third-order valence-electron chi connectivity index (χ3n) is 4.38. The number of aromatic nitrogens is 3. The lowest BCUT2D eigenvalue weighted by Crippen LogP contribution is -2.31. The van der Waals surface area contributed by atoms with Gasteiger partial charge in [0.05, 0.1) is 11.3 Å². The SMILES string of the molecule is Cc1cc(=O)c(C(=O)NCc2ccnc(OCC(F)(F)F)c2)nn1-c1cccc(C(F)(F)F)c1. The maximum Gasteiger partial charge on any atom is 0.422 e. The molecule has 0 aliphatic carbocycles. The van der Waals surface area contributed by atoms with Gasteiger partial charge in [-0.2, -0.15) is 31.4 Å². The van der Waals surface area contributed by atoms with E-state index in [1.54, 1.807) is 0 Å². The highest BCUT2D eigenvalue weighted by Gasteiger charge is 2.31. The van der Waals surface area contributed by atoms with Crippen molar-refractivity contribution in [2.75, 3.05) is 6.61 Å². The molecule has 3 aromatic rings. The molecule has 1 aromatic carbocycles. The standard InChI is InChI=1S/C21H16F6N4O3/c1-12-7-16(32)18(30-31(12)15-4-2-3-14(9-15)21(25,26)27)19(33)29-10-13-5-6-28-17(8-13)34-11-20(22,23)24/h2-9H,10-11H2,1H3,(H,29,33). The molecule has 7 nitrogen and oxygen atoms in total. The molecular formula is C21H16F6N4O3. The van der Waals surface area contributed by atoms with E-state index < -0.39 is 41.6 Å². The predicted molar refractivity (Wildman–Crippen MR) is 107 cm³/mol. The Labute approximate surface area is 188 Å². The molecular weight excluding hydrogens is 470 g/mol. The lowest BCUT2D eigenvalue weighted by atomic mass is 10.2. The molecule has 13 heteroatoms. The first-order chi connectivity index (χ1) is 15.8. The molecule has 1 N–H and O–H groups in total. The Bertz CT molecular complexity index is 1250. The van der Waals surface area contributed by atoms with Crippen molar-refractivity contribution < 1.29 is 35.9 Å². The average molecular weight is 486 g/mol. The van der Waals surface area contributed by atoms with Gasteiger partial charge in [-0.05, 0) is 36.8 Å². The predicted octanol–water partition coefficient (Wildman–Crippen LogP) is 3.83. The third-order valence-corrected chi connectivity index (χ3v) is 4.38. The summed E-state index contributed by atoms with van der Waals surface area (Å²) < 4.78 is 81.5. The molecule has 2 aromatic heterocycles. The highest BCUT2D eigenvalue weighted by atomic mass is 19.4. The van der Waals surface area contributed by atoms with Gasteiger partial charge < -0.3 is 10.1 Å². The van der Waals surface area contributed by atoms with Crippen LogP contribution in [-0.4, -0.2) is 33.5 Å². The van der Waals surface area contributed by atoms with Gasteiger partial charge in [0.1, 0.15) is 0 Å². The zero-order valence-electron chi connectivity index (χ0n) is 17.4. The number of nitrogens with one attached hydrogen (secondary N) is 1. The van der Waals surface area contributed by atoms with E-state index in [0.717, 1.165) is 22.9 Å². The Morgan fingerprint density at radius 3 is 2.50 bits per heavy atom. The van der Waals surface area contributed by atoms with Crippen molar-refractivity contribution in [2.45, 2.75) is 25.8 Å². The van der Waals surface area contributed by atoms with Crippen LogP contribution in [0.5, 0.6) is 5.88 Å². The van der Waals surface area contributed by atoms with Crippen LogP contribution in [-0.2, 0) is 12.7 Å². The van der Waals surface area contributed by atoms with Crippen LogP contribution >= 0.6 is 0 Å². The molecule has 0 saturated carbocycles. The number of carbonyl (C=O) groups is 1. The van der Waals surface area contributed by atoms with E-state index in [0.29, 0.717) is 5.56 Å². The lowest BCUT2D eigenvalue weighted by molar-refractivity contribution is -0.154. The second-order valence-electron chi connectivity index (χ2n) is 7.05. The third kappa shape index (κ3) is 6.33. The largest absolute Gasteiger partial charge is 0.468 e. The fourth-order valence-corrected chi connectivity index (χ4v) is 2.84. The number of carbonyl (C=O) groups excluding carboxylic acids is 1. The first-order valence-corrected chi connectivity index (χ1v) is 9.55. The number of aryl methyl sites for hydroxylation is 1. The molecule has 0 bridgehead atoms. The number of benzene rings is 1. The van der Waals surface area contributed by atoms with Gasteiger partial charge in [-0.15, -0.1) is 0 Å². The van der Waals surface area contributed by atoms with E-state index >= 15 is 0 Å². The smallest absolute Gasteiger partial charge is 0.422 e. The van der Waals surface area contributed by atoms with Gasteiger partial charge in [-0.1, -0.05) is 6.07 Å².